The van der Waals surface area contributed by atoms with Gasteiger partial charge in [0.25, 0.3) is 0 Å². The van der Waals surface area contributed by atoms with Crippen LogP contribution in [0.15, 0.2) is 54.6 Å². The fourth-order valence-corrected chi connectivity index (χ4v) is 2.50. The van der Waals surface area contributed by atoms with Gasteiger partial charge in [-0.05, 0) is 29.8 Å². The van der Waals surface area contributed by atoms with Gasteiger partial charge in [-0.3, -0.25) is 0 Å². The Kier molecular flexibility index (Phi) is 4.74. The highest BCUT2D eigenvalue weighted by Crippen LogP contribution is 2.21. The molecule has 3 rings (SSSR count). The number of nitrogens with zero attached hydrogens (tertiary/aromatic N) is 2. The molecule has 0 saturated carbocycles. The zero-order valence-electron chi connectivity index (χ0n) is 11.9. The molecule has 0 amide bonds. The average Bonchev–Trinajstić information content (AvgIpc) is 2.52. The van der Waals surface area contributed by atoms with Crippen molar-refractivity contribution in [3.05, 3.63) is 76.2 Å². The molecule has 0 aliphatic carbocycles. The summed E-state index contributed by atoms with van der Waals surface area (Å²) in [6, 6.07) is 15.2. The first-order valence-corrected chi connectivity index (χ1v) is 7.64. The second-order valence-electron chi connectivity index (χ2n) is 4.89. The normalized spacial score (nSPS) is 10.6. The first kappa shape index (κ1) is 15.7. The summed E-state index contributed by atoms with van der Waals surface area (Å²) in [7, 11) is 0. The van der Waals surface area contributed by atoms with Gasteiger partial charge in [-0.15, -0.1) is 0 Å². The molecule has 1 aromatic heterocycles. The number of benzene rings is 2. The summed E-state index contributed by atoms with van der Waals surface area (Å²) in [6.07, 6.45) is 0. The number of hydrogen-bond donors (Lipinski definition) is 1. The van der Waals surface area contributed by atoms with Crippen LogP contribution in [0, 0.1) is 5.82 Å². The Morgan fingerprint density at radius 3 is 2.57 bits per heavy atom. The van der Waals surface area contributed by atoms with Crippen molar-refractivity contribution in [1.29, 1.82) is 0 Å². The van der Waals surface area contributed by atoms with Gasteiger partial charge in [-0.2, -0.15) is 0 Å². The minimum Gasteiger partial charge on any atom is -0.366 e. The maximum Gasteiger partial charge on any atom is 0.163 e. The average molecular weight is 348 g/mol. The van der Waals surface area contributed by atoms with Crippen LogP contribution < -0.4 is 5.32 Å². The number of halogens is 3. The van der Waals surface area contributed by atoms with Crippen molar-refractivity contribution >= 4 is 29.0 Å². The van der Waals surface area contributed by atoms with E-state index in [1.54, 1.807) is 18.2 Å². The van der Waals surface area contributed by atoms with E-state index in [0.717, 1.165) is 5.56 Å². The molecule has 1 heterocycles. The Balaban J connectivity index is 1.83. The molecule has 3 aromatic rings. The third kappa shape index (κ3) is 4.18. The van der Waals surface area contributed by atoms with Crippen molar-refractivity contribution in [2.24, 2.45) is 0 Å². The summed E-state index contributed by atoms with van der Waals surface area (Å²) in [5, 5.41) is 4.12. The molecule has 0 bridgehead atoms. The Morgan fingerprint density at radius 1 is 0.957 bits per heavy atom. The Bertz CT molecular complexity index is 840. The van der Waals surface area contributed by atoms with Gasteiger partial charge in [0.1, 0.15) is 16.8 Å². The summed E-state index contributed by atoms with van der Waals surface area (Å²) in [5.41, 5.74) is 1.58. The topological polar surface area (TPSA) is 37.8 Å². The van der Waals surface area contributed by atoms with E-state index in [0.29, 0.717) is 28.8 Å². The number of aromatic nitrogens is 2. The smallest absolute Gasteiger partial charge is 0.163 e. The molecule has 3 nitrogen and oxygen atoms in total. The van der Waals surface area contributed by atoms with E-state index in [2.05, 4.69) is 15.3 Å². The summed E-state index contributed by atoms with van der Waals surface area (Å²) < 4.78 is 13.3. The van der Waals surface area contributed by atoms with Crippen molar-refractivity contribution in [3.8, 4) is 11.4 Å². The minimum atomic E-state index is -0.348. The summed E-state index contributed by atoms with van der Waals surface area (Å²) in [5.74, 6) is 0.578. The first-order chi connectivity index (χ1) is 11.1. The van der Waals surface area contributed by atoms with Crippen LogP contribution in [-0.4, -0.2) is 9.97 Å². The van der Waals surface area contributed by atoms with Crippen LogP contribution in [0.25, 0.3) is 11.4 Å². The molecule has 1 N–H and O–H groups in total. The van der Waals surface area contributed by atoms with E-state index in [1.807, 2.05) is 24.3 Å². The molecular weight excluding hydrogens is 336 g/mol. The van der Waals surface area contributed by atoms with Gasteiger partial charge in [-0.25, -0.2) is 14.4 Å². The molecule has 0 aliphatic rings. The maximum atomic E-state index is 13.3. The van der Waals surface area contributed by atoms with E-state index >= 15 is 0 Å². The van der Waals surface area contributed by atoms with Gasteiger partial charge in [0.05, 0.1) is 0 Å². The lowest BCUT2D eigenvalue weighted by Crippen LogP contribution is -2.03. The molecule has 0 saturated heterocycles. The third-order valence-corrected chi connectivity index (χ3v) is 3.57. The first-order valence-electron chi connectivity index (χ1n) is 6.89. The molecule has 116 valence electrons. The van der Waals surface area contributed by atoms with Crippen LogP contribution in [0.2, 0.25) is 10.2 Å². The molecule has 0 spiro atoms. The Labute approximate surface area is 143 Å². The maximum absolute atomic E-state index is 13.3. The van der Waals surface area contributed by atoms with Crippen molar-refractivity contribution in [3.63, 3.8) is 0 Å². The number of hydrogen-bond acceptors (Lipinski definition) is 3. The largest absolute Gasteiger partial charge is 0.366 e. The van der Waals surface area contributed by atoms with Gasteiger partial charge in [-0.1, -0.05) is 47.5 Å². The zero-order chi connectivity index (χ0) is 16.2. The molecule has 0 aliphatic heterocycles. The fourth-order valence-electron chi connectivity index (χ4n) is 2.10. The number of anilines is 1. The van der Waals surface area contributed by atoms with Crippen LogP contribution in [0.3, 0.4) is 0 Å². The Morgan fingerprint density at radius 2 is 1.78 bits per heavy atom. The Hall–Kier alpha value is -2.17. The lowest BCUT2D eigenvalue weighted by atomic mass is 10.2. The van der Waals surface area contributed by atoms with Crippen LogP contribution in [0.4, 0.5) is 10.2 Å². The predicted octanol–water partition coefficient (Wildman–Crippen LogP) is 5.20. The van der Waals surface area contributed by atoms with Crippen LogP contribution in [0.1, 0.15) is 5.56 Å². The molecule has 2 aromatic carbocycles. The second kappa shape index (κ2) is 6.94. The molecule has 23 heavy (non-hydrogen) atoms. The number of rotatable bonds is 4. The third-order valence-electron chi connectivity index (χ3n) is 3.14. The van der Waals surface area contributed by atoms with Crippen molar-refractivity contribution in [2.75, 3.05) is 5.32 Å². The quantitative estimate of drug-likeness (QED) is 0.659. The van der Waals surface area contributed by atoms with Crippen molar-refractivity contribution < 1.29 is 4.39 Å². The highest BCUT2D eigenvalue weighted by Gasteiger charge is 2.07. The summed E-state index contributed by atoms with van der Waals surface area (Å²) >= 11 is 12.0. The van der Waals surface area contributed by atoms with Gasteiger partial charge in [0, 0.05) is 23.2 Å². The summed E-state index contributed by atoms with van der Waals surface area (Å²) in [6.45, 7) is 0.538. The standard InChI is InChI=1S/C17H12Cl2FN3/c18-13-5-1-3-11(7-13)10-21-16-9-15(19)22-17(23-16)12-4-2-6-14(20)8-12/h1-9H,10H2,(H,21,22,23). The van der Waals surface area contributed by atoms with E-state index in [-0.39, 0.29) is 11.0 Å². The molecule has 0 radical (unpaired) electrons. The van der Waals surface area contributed by atoms with Crippen molar-refractivity contribution in [1.82, 2.24) is 9.97 Å². The van der Waals surface area contributed by atoms with Crippen molar-refractivity contribution in [2.45, 2.75) is 6.54 Å². The highest BCUT2D eigenvalue weighted by molar-refractivity contribution is 6.30. The molecule has 0 unspecified atom stereocenters. The zero-order valence-corrected chi connectivity index (χ0v) is 13.4. The fraction of sp³-hybridized carbons (Fsp3) is 0.0588. The van der Waals surface area contributed by atoms with Crippen LogP contribution in [0.5, 0.6) is 0 Å². The monoisotopic (exact) mass is 347 g/mol. The van der Waals surface area contributed by atoms with Gasteiger partial charge < -0.3 is 5.32 Å². The molecule has 6 heteroatoms. The van der Waals surface area contributed by atoms with Gasteiger partial charge in [0.2, 0.25) is 0 Å². The van der Waals surface area contributed by atoms with E-state index in [1.165, 1.54) is 12.1 Å². The van der Waals surface area contributed by atoms with Crippen LogP contribution >= 0.6 is 23.2 Å². The predicted molar refractivity (Wildman–Crippen MR) is 91.2 cm³/mol. The summed E-state index contributed by atoms with van der Waals surface area (Å²) in [4.78, 5) is 8.52. The number of nitrogens with one attached hydrogen (secondary N) is 1. The minimum absolute atomic E-state index is 0.285. The highest BCUT2D eigenvalue weighted by atomic mass is 35.5. The SMILES string of the molecule is Fc1cccc(-c2nc(Cl)cc(NCc3cccc(Cl)c3)n2)c1. The van der Waals surface area contributed by atoms with Gasteiger partial charge >= 0.3 is 0 Å². The lowest BCUT2D eigenvalue weighted by Gasteiger charge is -2.08. The van der Waals surface area contributed by atoms with Crippen LogP contribution in [-0.2, 0) is 6.54 Å². The molecule has 0 fully saturated rings. The lowest BCUT2D eigenvalue weighted by molar-refractivity contribution is 0.628. The second-order valence-corrected chi connectivity index (χ2v) is 5.72. The van der Waals surface area contributed by atoms with E-state index in [9.17, 15) is 4.39 Å². The molecule has 0 atom stereocenters. The van der Waals surface area contributed by atoms with Gasteiger partial charge in [0.15, 0.2) is 5.82 Å². The molecular formula is C17H12Cl2FN3. The van der Waals surface area contributed by atoms with E-state index in [4.69, 9.17) is 23.2 Å². The van der Waals surface area contributed by atoms with E-state index < -0.39 is 0 Å².